The quantitative estimate of drug-likeness (QED) is 0.367. The predicted octanol–water partition coefficient (Wildman–Crippen LogP) is 6.19. The molecule has 3 aromatic rings. The number of ether oxygens (including phenoxy) is 3. The Morgan fingerprint density at radius 2 is 1.46 bits per heavy atom. The number of aliphatic hydroxyl groups is 1. The van der Waals surface area contributed by atoms with E-state index in [-0.39, 0.29) is 29.6 Å². The van der Waals surface area contributed by atoms with Crippen molar-refractivity contribution in [3.63, 3.8) is 0 Å². The highest BCUT2D eigenvalue weighted by atomic mass is 19.4. The summed E-state index contributed by atoms with van der Waals surface area (Å²) < 4.78 is 60.4. The van der Waals surface area contributed by atoms with Crippen LogP contribution in [-0.2, 0) is 15.1 Å². The highest BCUT2D eigenvalue weighted by molar-refractivity contribution is 5.44. The molecule has 0 aromatic heterocycles. The van der Waals surface area contributed by atoms with Crippen molar-refractivity contribution >= 4 is 0 Å². The van der Waals surface area contributed by atoms with Gasteiger partial charge in [0, 0.05) is 6.61 Å². The summed E-state index contributed by atoms with van der Waals surface area (Å²) in [6, 6.07) is 21.6. The highest BCUT2D eigenvalue weighted by Gasteiger charge is 2.55. The molecule has 1 aliphatic heterocycles. The lowest BCUT2D eigenvalue weighted by atomic mass is 9.72. The second-order valence-corrected chi connectivity index (χ2v) is 8.56. The van der Waals surface area contributed by atoms with Gasteiger partial charge in [0.05, 0.1) is 6.61 Å². The van der Waals surface area contributed by atoms with Crippen molar-refractivity contribution < 1.29 is 32.5 Å². The van der Waals surface area contributed by atoms with Crippen LogP contribution in [0.1, 0.15) is 41.9 Å². The monoisotopic (exact) mass is 486 g/mol. The number of hydrogen-bond acceptors (Lipinski definition) is 4. The Kier molecular flexibility index (Phi) is 8.11. The minimum absolute atomic E-state index is 0.0197. The number of alkyl halides is 3. The van der Waals surface area contributed by atoms with Gasteiger partial charge in [-0.25, -0.2) is 0 Å². The number of halogens is 3. The third-order valence-corrected chi connectivity index (χ3v) is 6.18. The van der Waals surface area contributed by atoms with Gasteiger partial charge in [0.15, 0.2) is 6.29 Å². The van der Waals surface area contributed by atoms with Crippen molar-refractivity contribution in [2.24, 2.45) is 0 Å². The van der Waals surface area contributed by atoms with Gasteiger partial charge < -0.3 is 19.3 Å². The second kappa shape index (κ2) is 11.2. The summed E-state index contributed by atoms with van der Waals surface area (Å²) in [5, 5.41) is 11.9. The summed E-state index contributed by atoms with van der Waals surface area (Å²) >= 11 is 0. The van der Waals surface area contributed by atoms with E-state index < -0.39 is 17.7 Å². The van der Waals surface area contributed by atoms with Gasteiger partial charge in [-0.2, -0.15) is 13.2 Å². The second-order valence-electron chi connectivity index (χ2n) is 8.56. The zero-order valence-corrected chi connectivity index (χ0v) is 19.3. The maximum Gasteiger partial charge on any atom is 0.399 e. The topological polar surface area (TPSA) is 47.9 Å². The van der Waals surface area contributed by atoms with Crippen molar-refractivity contribution in [2.75, 3.05) is 19.8 Å². The lowest BCUT2D eigenvalue weighted by Gasteiger charge is -2.38. The molecule has 0 bridgehead atoms. The van der Waals surface area contributed by atoms with E-state index in [9.17, 15) is 18.3 Å². The van der Waals surface area contributed by atoms with Gasteiger partial charge in [0.2, 0.25) is 0 Å². The van der Waals surface area contributed by atoms with Crippen LogP contribution in [0.3, 0.4) is 0 Å². The SMILES string of the molecule is OC(c1ccccc1)(c1ccc(OCCOC2CCCCO2)cc1)C(c1ccccc1)C(F)(F)F. The fourth-order valence-electron chi connectivity index (χ4n) is 4.49. The molecule has 1 aliphatic rings. The summed E-state index contributed by atoms with van der Waals surface area (Å²) in [7, 11) is 0. The van der Waals surface area contributed by atoms with Gasteiger partial charge in [-0.15, -0.1) is 0 Å². The molecule has 4 rings (SSSR count). The third-order valence-electron chi connectivity index (χ3n) is 6.18. The van der Waals surface area contributed by atoms with Gasteiger partial charge in [-0.3, -0.25) is 0 Å². The first-order chi connectivity index (χ1) is 16.9. The van der Waals surface area contributed by atoms with Crippen LogP contribution in [0.4, 0.5) is 13.2 Å². The molecule has 0 amide bonds. The van der Waals surface area contributed by atoms with Gasteiger partial charge in [-0.1, -0.05) is 72.8 Å². The average molecular weight is 487 g/mol. The zero-order valence-electron chi connectivity index (χ0n) is 19.3. The molecule has 0 aliphatic carbocycles. The van der Waals surface area contributed by atoms with E-state index in [1.165, 1.54) is 48.5 Å². The summed E-state index contributed by atoms with van der Waals surface area (Å²) in [6.07, 6.45) is -1.96. The minimum atomic E-state index is -4.71. The lowest BCUT2D eigenvalue weighted by Crippen LogP contribution is -2.42. The Morgan fingerprint density at radius 1 is 0.829 bits per heavy atom. The summed E-state index contributed by atoms with van der Waals surface area (Å²) in [4.78, 5) is 0. The van der Waals surface area contributed by atoms with E-state index in [1.54, 1.807) is 36.4 Å². The normalized spacial score (nSPS) is 19.0. The van der Waals surface area contributed by atoms with E-state index in [1.807, 2.05) is 0 Å². The van der Waals surface area contributed by atoms with Crippen molar-refractivity contribution in [2.45, 2.75) is 43.2 Å². The smallest absolute Gasteiger partial charge is 0.399 e. The van der Waals surface area contributed by atoms with Crippen molar-refractivity contribution in [3.05, 3.63) is 102 Å². The maximum absolute atomic E-state index is 14.5. The molecular formula is C28H29F3O4. The Morgan fingerprint density at radius 3 is 2.06 bits per heavy atom. The van der Waals surface area contributed by atoms with Crippen LogP contribution in [-0.4, -0.2) is 37.4 Å². The zero-order chi connectivity index (χ0) is 24.7. The van der Waals surface area contributed by atoms with Crippen LogP contribution in [0.25, 0.3) is 0 Å². The maximum atomic E-state index is 14.5. The molecular weight excluding hydrogens is 457 g/mol. The van der Waals surface area contributed by atoms with E-state index in [0.717, 1.165) is 19.3 Å². The Hall–Kier alpha value is -2.87. The average Bonchev–Trinajstić information content (AvgIpc) is 2.88. The molecule has 0 saturated carbocycles. The molecule has 3 unspecified atom stereocenters. The fourth-order valence-corrected chi connectivity index (χ4v) is 4.49. The first kappa shape index (κ1) is 25.2. The molecule has 3 aromatic carbocycles. The predicted molar refractivity (Wildman–Crippen MR) is 126 cm³/mol. The minimum Gasteiger partial charge on any atom is -0.491 e. The number of hydrogen-bond donors (Lipinski definition) is 1. The molecule has 0 spiro atoms. The standard InChI is InChI=1S/C28H29F3O4/c29-28(30,31)26(21-9-3-1-4-10-21)27(32,22-11-5-2-6-12-22)23-14-16-24(17-15-23)33-19-20-35-25-13-7-8-18-34-25/h1-6,9-12,14-17,25-26,32H,7-8,13,18-20H2. The van der Waals surface area contributed by atoms with Gasteiger partial charge in [0.1, 0.15) is 23.9 Å². The van der Waals surface area contributed by atoms with E-state index in [4.69, 9.17) is 14.2 Å². The largest absolute Gasteiger partial charge is 0.491 e. The van der Waals surface area contributed by atoms with Crippen LogP contribution in [0, 0.1) is 0 Å². The van der Waals surface area contributed by atoms with Crippen LogP contribution in [0.2, 0.25) is 0 Å². The fraction of sp³-hybridized carbons (Fsp3) is 0.357. The first-order valence-corrected chi connectivity index (χ1v) is 11.7. The molecule has 7 heteroatoms. The van der Waals surface area contributed by atoms with Crippen LogP contribution >= 0.6 is 0 Å². The van der Waals surface area contributed by atoms with Crippen molar-refractivity contribution in [1.82, 2.24) is 0 Å². The summed E-state index contributed by atoms with van der Waals surface area (Å²) in [5.74, 6) is -1.70. The highest BCUT2D eigenvalue weighted by Crippen LogP contribution is 2.51. The molecule has 3 atom stereocenters. The molecule has 1 fully saturated rings. The first-order valence-electron chi connectivity index (χ1n) is 11.7. The molecule has 0 radical (unpaired) electrons. The molecule has 4 nitrogen and oxygen atoms in total. The molecule has 1 saturated heterocycles. The van der Waals surface area contributed by atoms with E-state index >= 15 is 0 Å². The lowest BCUT2D eigenvalue weighted by molar-refractivity contribution is -0.190. The Labute approximate surface area is 203 Å². The third kappa shape index (κ3) is 6.04. The Bertz CT molecular complexity index is 1040. The van der Waals surface area contributed by atoms with Crippen LogP contribution in [0.15, 0.2) is 84.9 Å². The van der Waals surface area contributed by atoms with Crippen molar-refractivity contribution in [1.29, 1.82) is 0 Å². The van der Waals surface area contributed by atoms with Gasteiger partial charge in [0.25, 0.3) is 0 Å². The number of rotatable bonds is 9. The van der Waals surface area contributed by atoms with Crippen LogP contribution in [0.5, 0.6) is 5.75 Å². The van der Waals surface area contributed by atoms with Crippen molar-refractivity contribution in [3.8, 4) is 5.75 Å². The molecule has 1 N–H and O–H groups in total. The number of benzene rings is 3. The van der Waals surface area contributed by atoms with Gasteiger partial charge in [-0.05, 0) is 48.1 Å². The molecule has 186 valence electrons. The summed E-state index contributed by atoms with van der Waals surface area (Å²) in [5.41, 5.74) is -2.09. The summed E-state index contributed by atoms with van der Waals surface area (Å²) in [6.45, 7) is 1.31. The van der Waals surface area contributed by atoms with Gasteiger partial charge >= 0.3 is 6.18 Å². The van der Waals surface area contributed by atoms with Crippen LogP contribution < -0.4 is 4.74 Å². The van der Waals surface area contributed by atoms with E-state index in [0.29, 0.717) is 19.0 Å². The Balaban J connectivity index is 1.57. The molecule has 35 heavy (non-hydrogen) atoms. The van der Waals surface area contributed by atoms with E-state index in [2.05, 4.69) is 0 Å². The molecule has 1 heterocycles.